The lowest BCUT2D eigenvalue weighted by atomic mass is 10.1. The third kappa shape index (κ3) is 2.09. The Balaban J connectivity index is 2.31. The molecule has 0 fully saturated rings. The van der Waals surface area contributed by atoms with Gasteiger partial charge >= 0.3 is 0 Å². The molecule has 0 atom stereocenters. The summed E-state index contributed by atoms with van der Waals surface area (Å²) in [6, 6.07) is 3.71. The zero-order chi connectivity index (χ0) is 11.5. The van der Waals surface area contributed by atoms with Crippen LogP contribution in [-0.4, -0.2) is 16.1 Å². The SMILES string of the molecule is NCCn1cnc(-c2ccc(F)c(F)c2)c1. The van der Waals surface area contributed by atoms with Gasteiger partial charge in [-0.25, -0.2) is 13.8 Å². The summed E-state index contributed by atoms with van der Waals surface area (Å²) in [5, 5.41) is 0. The molecule has 2 aromatic rings. The summed E-state index contributed by atoms with van der Waals surface area (Å²) in [5.41, 5.74) is 6.55. The highest BCUT2D eigenvalue weighted by molar-refractivity contribution is 5.58. The second kappa shape index (κ2) is 4.40. The Kier molecular flexibility index (Phi) is 2.96. The van der Waals surface area contributed by atoms with Crippen LogP contribution >= 0.6 is 0 Å². The van der Waals surface area contributed by atoms with E-state index < -0.39 is 11.6 Å². The van der Waals surface area contributed by atoms with Gasteiger partial charge in [0, 0.05) is 24.8 Å². The van der Waals surface area contributed by atoms with E-state index in [1.54, 1.807) is 17.1 Å². The van der Waals surface area contributed by atoms with Gasteiger partial charge in [0.25, 0.3) is 0 Å². The number of benzene rings is 1. The van der Waals surface area contributed by atoms with Crippen molar-refractivity contribution in [3.05, 3.63) is 42.4 Å². The molecule has 0 spiro atoms. The first-order chi connectivity index (χ1) is 7.70. The Bertz CT molecular complexity index is 494. The average molecular weight is 223 g/mol. The van der Waals surface area contributed by atoms with Gasteiger partial charge in [0.05, 0.1) is 12.0 Å². The number of aromatic nitrogens is 2. The Hall–Kier alpha value is -1.75. The molecule has 16 heavy (non-hydrogen) atoms. The molecule has 0 aliphatic rings. The third-order valence-electron chi connectivity index (χ3n) is 2.24. The zero-order valence-corrected chi connectivity index (χ0v) is 8.53. The van der Waals surface area contributed by atoms with Gasteiger partial charge in [0.1, 0.15) is 0 Å². The van der Waals surface area contributed by atoms with Crippen molar-refractivity contribution in [1.29, 1.82) is 0 Å². The quantitative estimate of drug-likeness (QED) is 0.862. The van der Waals surface area contributed by atoms with Crippen molar-refractivity contribution < 1.29 is 8.78 Å². The van der Waals surface area contributed by atoms with Crippen molar-refractivity contribution in [1.82, 2.24) is 9.55 Å². The van der Waals surface area contributed by atoms with E-state index >= 15 is 0 Å². The van der Waals surface area contributed by atoms with Crippen molar-refractivity contribution in [3.8, 4) is 11.3 Å². The monoisotopic (exact) mass is 223 g/mol. The maximum atomic E-state index is 13.0. The van der Waals surface area contributed by atoms with Crippen molar-refractivity contribution in [2.45, 2.75) is 6.54 Å². The van der Waals surface area contributed by atoms with Crippen molar-refractivity contribution >= 4 is 0 Å². The summed E-state index contributed by atoms with van der Waals surface area (Å²) in [6.07, 6.45) is 3.36. The number of hydrogen-bond donors (Lipinski definition) is 1. The average Bonchev–Trinajstić information content (AvgIpc) is 2.71. The molecule has 5 heteroatoms. The molecule has 0 saturated heterocycles. The van der Waals surface area contributed by atoms with Crippen LogP contribution in [0.25, 0.3) is 11.3 Å². The number of hydrogen-bond acceptors (Lipinski definition) is 2. The minimum atomic E-state index is -0.870. The van der Waals surface area contributed by atoms with Crippen LogP contribution in [0.4, 0.5) is 8.78 Å². The molecule has 2 rings (SSSR count). The summed E-state index contributed by atoms with van der Waals surface area (Å²) in [7, 11) is 0. The predicted octanol–water partition coefficient (Wildman–Crippen LogP) is 1.79. The van der Waals surface area contributed by atoms with Crippen LogP contribution in [0.5, 0.6) is 0 Å². The van der Waals surface area contributed by atoms with Crippen molar-refractivity contribution in [2.24, 2.45) is 5.73 Å². The first kappa shape index (κ1) is 10.8. The van der Waals surface area contributed by atoms with E-state index in [2.05, 4.69) is 4.98 Å². The molecule has 1 heterocycles. The smallest absolute Gasteiger partial charge is 0.159 e. The fraction of sp³-hybridized carbons (Fsp3) is 0.182. The molecule has 0 aliphatic carbocycles. The summed E-state index contributed by atoms with van der Waals surface area (Å²) in [6.45, 7) is 1.16. The molecule has 2 N–H and O–H groups in total. The highest BCUT2D eigenvalue weighted by Gasteiger charge is 2.06. The van der Waals surface area contributed by atoms with E-state index in [4.69, 9.17) is 5.73 Å². The summed E-state index contributed by atoms with van der Waals surface area (Å²) in [4.78, 5) is 4.09. The van der Waals surface area contributed by atoms with Crippen LogP contribution < -0.4 is 5.73 Å². The van der Waals surface area contributed by atoms with Gasteiger partial charge < -0.3 is 10.3 Å². The molecule has 0 radical (unpaired) electrons. The van der Waals surface area contributed by atoms with Crippen LogP contribution in [0, 0.1) is 11.6 Å². The van der Waals surface area contributed by atoms with Crippen LogP contribution in [0.15, 0.2) is 30.7 Å². The van der Waals surface area contributed by atoms with Crippen molar-refractivity contribution in [3.63, 3.8) is 0 Å². The lowest BCUT2D eigenvalue weighted by molar-refractivity contribution is 0.509. The van der Waals surface area contributed by atoms with Crippen molar-refractivity contribution in [2.75, 3.05) is 6.54 Å². The van der Waals surface area contributed by atoms with Gasteiger partial charge in [-0.05, 0) is 18.2 Å². The molecule has 0 unspecified atom stereocenters. The number of nitrogens with zero attached hydrogens (tertiary/aromatic N) is 2. The number of imidazole rings is 1. The summed E-state index contributed by atoms with van der Waals surface area (Å²) in [5.74, 6) is -1.73. The summed E-state index contributed by atoms with van der Waals surface area (Å²) < 4.78 is 27.5. The topological polar surface area (TPSA) is 43.8 Å². The van der Waals surface area contributed by atoms with Gasteiger partial charge in [-0.1, -0.05) is 0 Å². The maximum Gasteiger partial charge on any atom is 0.159 e. The largest absolute Gasteiger partial charge is 0.336 e. The Morgan fingerprint density at radius 3 is 2.75 bits per heavy atom. The Morgan fingerprint density at radius 2 is 2.06 bits per heavy atom. The standard InChI is InChI=1S/C11H11F2N3/c12-9-2-1-8(5-10(9)13)11-6-16(4-3-14)7-15-11/h1-2,5-7H,3-4,14H2. The first-order valence-electron chi connectivity index (χ1n) is 4.88. The highest BCUT2D eigenvalue weighted by atomic mass is 19.2. The van der Waals surface area contributed by atoms with E-state index in [1.165, 1.54) is 6.07 Å². The minimum Gasteiger partial charge on any atom is -0.336 e. The van der Waals surface area contributed by atoms with E-state index in [9.17, 15) is 8.78 Å². The highest BCUT2D eigenvalue weighted by Crippen LogP contribution is 2.19. The fourth-order valence-corrected chi connectivity index (χ4v) is 1.44. The molecule has 3 nitrogen and oxygen atoms in total. The van der Waals surface area contributed by atoms with Gasteiger partial charge in [0.2, 0.25) is 0 Å². The lowest BCUT2D eigenvalue weighted by Crippen LogP contribution is -2.07. The predicted molar refractivity (Wildman–Crippen MR) is 56.6 cm³/mol. The van der Waals surface area contributed by atoms with Gasteiger partial charge in [-0.2, -0.15) is 0 Å². The summed E-state index contributed by atoms with van der Waals surface area (Å²) >= 11 is 0. The third-order valence-corrected chi connectivity index (χ3v) is 2.24. The molecule has 84 valence electrons. The van der Waals surface area contributed by atoms with Crippen LogP contribution in [-0.2, 0) is 6.54 Å². The Labute approximate surface area is 91.5 Å². The van der Waals surface area contributed by atoms with Crippen LogP contribution in [0.3, 0.4) is 0 Å². The first-order valence-corrected chi connectivity index (χ1v) is 4.88. The van der Waals surface area contributed by atoms with E-state index in [1.807, 2.05) is 0 Å². The molecule has 0 bridgehead atoms. The number of nitrogens with two attached hydrogens (primary N) is 1. The van der Waals surface area contributed by atoms with E-state index in [-0.39, 0.29) is 0 Å². The van der Waals surface area contributed by atoms with Crippen LogP contribution in [0.2, 0.25) is 0 Å². The maximum absolute atomic E-state index is 13.0. The molecule has 0 aliphatic heterocycles. The molecular weight excluding hydrogens is 212 g/mol. The lowest BCUT2D eigenvalue weighted by Gasteiger charge is -1.98. The van der Waals surface area contributed by atoms with E-state index in [0.717, 1.165) is 12.1 Å². The second-order valence-corrected chi connectivity index (χ2v) is 3.41. The fourth-order valence-electron chi connectivity index (χ4n) is 1.44. The normalized spacial score (nSPS) is 10.7. The number of halogens is 2. The molecule has 1 aromatic heterocycles. The number of rotatable bonds is 3. The molecule has 1 aromatic carbocycles. The molecular formula is C11H11F2N3. The van der Waals surface area contributed by atoms with Gasteiger partial charge in [0.15, 0.2) is 11.6 Å². The van der Waals surface area contributed by atoms with Gasteiger partial charge in [-0.15, -0.1) is 0 Å². The zero-order valence-electron chi connectivity index (χ0n) is 8.53. The molecule has 0 amide bonds. The van der Waals surface area contributed by atoms with Crippen LogP contribution in [0.1, 0.15) is 0 Å². The molecule has 0 saturated carbocycles. The minimum absolute atomic E-state index is 0.508. The van der Waals surface area contributed by atoms with E-state index in [0.29, 0.717) is 24.3 Å². The van der Waals surface area contributed by atoms with Gasteiger partial charge in [-0.3, -0.25) is 0 Å². The Morgan fingerprint density at radius 1 is 1.25 bits per heavy atom. The second-order valence-electron chi connectivity index (χ2n) is 3.41.